The van der Waals surface area contributed by atoms with Crippen LogP contribution in [0.4, 0.5) is 31.1 Å². The van der Waals surface area contributed by atoms with Gasteiger partial charge in [0, 0.05) is 5.56 Å². The highest BCUT2D eigenvalue weighted by atomic mass is 79.9. The molecule has 2 amide bonds. The van der Waals surface area contributed by atoms with Crippen molar-refractivity contribution >= 4 is 34.0 Å². The number of rotatable bonds is 2. The Hall–Kier alpha value is -3.16. The van der Waals surface area contributed by atoms with E-state index in [-0.39, 0.29) is 15.1 Å². The summed E-state index contributed by atoms with van der Waals surface area (Å²) in [5.74, 6) is -7.84. The van der Waals surface area contributed by atoms with Crippen LogP contribution in [0.25, 0.3) is 0 Å². The van der Waals surface area contributed by atoms with E-state index >= 15 is 8.78 Å². The van der Waals surface area contributed by atoms with Gasteiger partial charge in [0.25, 0.3) is 12.0 Å². The largest absolute Gasteiger partial charge is 0.464 e. The van der Waals surface area contributed by atoms with E-state index in [1.54, 1.807) is 0 Å². The first kappa shape index (κ1) is 24.5. The van der Waals surface area contributed by atoms with Crippen LogP contribution in [0.1, 0.15) is 23.0 Å². The van der Waals surface area contributed by atoms with Gasteiger partial charge in [-0.2, -0.15) is 26.9 Å². The van der Waals surface area contributed by atoms with Crippen molar-refractivity contribution in [3.63, 3.8) is 0 Å². The Balaban J connectivity index is 2.28. The van der Waals surface area contributed by atoms with Crippen molar-refractivity contribution in [1.29, 1.82) is 0 Å². The second-order valence-electron chi connectivity index (χ2n) is 6.88. The molecule has 1 N–H and O–H groups in total. The summed E-state index contributed by atoms with van der Waals surface area (Å²) in [5, 5.41) is 9.49. The molecule has 0 saturated heterocycles. The lowest BCUT2D eigenvalue weighted by molar-refractivity contribution is -0.289. The van der Waals surface area contributed by atoms with E-state index in [0.29, 0.717) is 13.0 Å². The van der Waals surface area contributed by atoms with Gasteiger partial charge in [0.05, 0.1) is 0 Å². The number of aromatic nitrogens is 1. The summed E-state index contributed by atoms with van der Waals surface area (Å²) in [5.41, 5.74) is -4.96. The molecule has 0 fully saturated rings. The Morgan fingerprint density at radius 3 is 2.30 bits per heavy atom. The molecule has 33 heavy (non-hydrogen) atoms. The number of carbonyl (C=O) groups excluding carboxylic acids is 1. The highest BCUT2D eigenvalue weighted by Gasteiger charge is 2.71. The van der Waals surface area contributed by atoms with Crippen LogP contribution in [0, 0.1) is 5.82 Å². The monoisotopic (exact) mass is 539 g/mol. The van der Waals surface area contributed by atoms with Gasteiger partial charge in [-0.25, -0.2) is 19.2 Å². The average molecular weight is 540 g/mol. The number of halogens is 7. The van der Waals surface area contributed by atoms with E-state index in [2.05, 4.69) is 30.6 Å². The second kappa shape index (κ2) is 8.32. The normalized spacial score (nSPS) is 22.2. The first-order valence-corrected chi connectivity index (χ1v) is 9.65. The number of nitrogens with zero attached hydrogens (tertiary/aromatic N) is 3. The molecular formula is C19H12BrF6N3O4. The number of benzene rings is 1. The van der Waals surface area contributed by atoms with Gasteiger partial charge in [0.15, 0.2) is 5.54 Å². The Morgan fingerprint density at radius 2 is 1.76 bits per heavy atom. The fourth-order valence-corrected chi connectivity index (χ4v) is 3.35. The SMILES string of the molecule is C[C@]1(c2nc(Br)ccc2F)N=C(N(C(=O)O)C(=O)c2ccccc2)O[C@@H](C(F)(F)F)C1(F)F. The number of carboxylic acid groups (broad SMARTS) is 1. The molecule has 1 aliphatic rings. The van der Waals surface area contributed by atoms with Crippen LogP contribution in [-0.4, -0.2) is 51.2 Å². The molecule has 14 heteroatoms. The van der Waals surface area contributed by atoms with E-state index in [1.807, 2.05) is 0 Å². The van der Waals surface area contributed by atoms with Crippen LogP contribution < -0.4 is 0 Å². The highest BCUT2D eigenvalue weighted by Crippen LogP contribution is 2.51. The maximum absolute atomic E-state index is 15.1. The van der Waals surface area contributed by atoms with Gasteiger partial charge in [-0.3, -0.25) is 4.79 Å². The van der Waals surface area contributed by atoms with Crippen molar-refractivity contribution in [1.82, 2.24) is 9.88 Å². The smallest absolute Gasteiger partial charge is 0.431 e. The van der Waals surface area contributed by atoms with Crippen LogP contribution >= 0.6 is 15.9 Å². The Morgan fingerprint density at radius 1 is 1.15 bits per heavy atom. The summed E-state index contributed by atoms with van der Waals surface area (Å²) in [6.45, 7) is 0.430. The van der Waals surface area contributed by atoms with E-state index < -0.39 is 53.3 Å². The molecule has 0 bridgehead atoms. The van der Waals surface area contributed by atoms with Crippen LogP contribution in [0.2, 0.25) is 0 Å². The Kier molecular flexibility index (Phi) is 6.17. The molecule has 0 saturated carbocycles. The van der Waals surface area contributed by atoms with E-state index in [9.17, 15) is 32.3 Å². The first-order valence-electron chi connectivity index (χ1n) is 8.86. The van der Waals surface area contributed by atoms with Crippen LogP contribution in [-0.2, 0) is 10.3 Å². The number of alkyl halides is 5. The summed E-state index contributed by atoms with van der Waals surface area (Å²) in [6, 6.07) is 6.43. The number of amides is 2. The molecule has 0 spiro atoms. The predicted octanol–water partition coefficient (Wildman–Crippen LogP) is 4.97. The van der Waals surface area contributed by atoms with Gasteiger partial charge < -0.3 is 9.84 Å². The number of hydrogen-bond donors (Lipinski definition) is 1. The van der Waals surface area contributed by atoms with Crippen LogP contribution in [0.3, 0.4) is 0 Å². The molecule has 176 valence electrons. The van der Waals surface area contributed by atoms with Gasteiger partial charge >= 0.3 is 24.2 Å². The minimum absolute atomic E-state index is 0.210. The number of pyridine rings is 1. The zero-order valence-electron chi connectivity index (χ0n) is 16.3. The molecule has 0 unspecified atom stereocenters. The predicted molar refractivity (Wildman–Crippen MR) is 103 cm³/mol. The molecule has 2 aromatic rings. The van der Waals surface area contributed by atoms with Crippen LogP contribution in [0.5, 0.6) is 0 Å². The van der Waals surface area contributed by atoms with Crippen molar-refractivity contribution < 1.29 is 45.8 Å². The van der Waals surface area contributed by atoms with Gasteiger partial charge in [0.1, 0.15) is 16.1 Å². The number of amidine groups is 1. The van der Waals surface area contributed by atoms with Crippen molar-refractivity contribution in [3.8, 4) is 0 Å². The maximum atomic E-state index is 15.1. The number of hydrogen-bond acceptors (Lipinski definition) is 5. The highest BCUT2D eigenvalue weighted by molar-refractivity contribution is 9.10. The van der Waals surface area contributed by atoms with Crippen molar-refractivity contribution in [2.75, 3.05) is 0 Å². The molecular weight excluding hydrogens is 528 g/mol. The van der Waals surface area contributed by atoms with Crippen LogP contribution in [0.15, 0.2) is 52.1 Å². The summed E-state index contributed by atoms with van der Waals surface area (Å²) in [6.07, 6.45) is -11.9. The Bertz CT molecular complexity index is 1130. The fraction of sp³-hybridized carbons (Fsp3) is 0.263. The number of carbonyl (C=O) groups is 2. The third-order valence-electron chi connectivity index (χ3n) is 4.70. The van der Waals surface area contributed by atoms with E-state index in [4.69, 9.17) is 0 Å². The average Bonchev–Trinajstić information content (AvgIpc) is 2.71. The summed E-state index contributed by atoms with van der Waals surface area (Å²) >= 11 is 2.82. The van der Waals surface area contributed by atoms with E-state index in [1.165, 1.54) is 18.2 Å². The summed E-state index contributed by atoms with van der Waals surface area (Å²) in [7, 11) is 0. The Labute approximate surface area is 189 Å². The van der Waals surface area contributed by atoms with E-state index in [0.717, 1.165) is 18.2 Å². The molecule has 1 aromatic heterocycles. The molecule has 0 aliphatic carbocycles. The maximum Gasteiger partial charge on any atom is 0.431 e. The lowest BCUT2D eigenvalue weighted by atomic mass is 9.84. The zero-order valence-corrected chi connectivity index (χ0v) is 17.9. The molecule has 1 aliphatic heterocycles. The number of imide groups is 1. The third-order valence-corrected chi connectivity index (χ3v) is 5.14. The standard InChI is InChI=1S/C19H12BrF6N3O4/c1-17(12-10(21)7-8-11(20)27-12)18(22,23)14(19(24,25)26)33-15(28-17)29(16(31)32)13(30)9-5-3-2-4-6-9/h2-8,14H,1H3,(H,31,32)/t14-,17-/m1/s1. The number of ether oxygens (including phenoxy) is 1. The number of aliphatic imine (C=N–C) groups is 1. The minimum atomic E-state index is -5.77. The molecule has 1 aromatic carbocycles. The zero-order chi connectivity index (χ0) is 24.8. The van der Waals surface area contributed by atoms with Gasteiger partial charge in [0.2, 0.25) is 0 Å². The molecule has 0 radical (unpaired) electrons. The summed E-state index contributed by atoms with van der Waals surface area (Å²) < 4.78 is 89.6. The molecule has 2 heterocycles. The van der Waals surface area contributed by atoms with Crippen molar-refractivity contribution in [3.05, 3.63) is 64.1 Å². The fourth-order valence-electron chi connectivity index (χ4n) is 3.04. The van der Waals surface area contributed by atoms with Gasteiger partial charge in [-0.1, -0.05) is 18.2 Å². The minimum Gasteiger partial charge on any atom is -0.464 e. The lowest BCUT2D eigenvalue weighted by Gasteiger charge is -2.43. The van der Waals surface area contributed by atoms with Crippen molar-refractivity contribution in [2.24, 2.45) is 4.99 Å². The summed E-state index contributed by atoms with van der Waals surface area (Å²) in [4.78, 5) is 30.9. The first-order chi connectivity index (χ1) is 15.2. The van der Waals surface area contributed by atoms with Crippen molar-refractivity contribution in [2.45, 2.75) is 30.7 Å². The van der Waals surface area contributed by atoms with Gasteiger partial charge in [-0.15, -0.1) is 0 Å². The second-order valence-corrected chi connectivity index (χ2v) is 7.70. The molecule has 3 rings (SSSR count). The molecule has 7 nitrogen and oxygen atoms in total. The topological polar surface area (TPSA) is 92.1 Å². The lowest BCUT2D eigenvalue weighted by Crippen LogP contribution is -2.63. The third kappa shape index (κ3) is 4.26. The molecule has 2 atom stereocenters. The quantitative estimate of drug-likeness (QED) is 0.429. The van der Waals surface area contributed by atoms with Gasteiger partial charge in [-0.05, 0) is 47.1 Å².